The highest BCUT2D eigenvalue weighted by Crippen LogP contribution is 2.28. The Balaban J connectivity index is 1.93. The van der Waals surface area contributed by atoms with Crippen LogP contribution in [0.2, 0.25) is 0 Å². The molecule has 2 nitrogen and oxygen atoms in total. The van der Waals surface area contributed by atoms with Gasteiger partial charge in [-0.3, -0.25) is 0 Å². The summed E-state index contributed by atoms with van der Waals surface area (Å²) in [5.74, 6) is 0. The SMILES string of the molecule is C[C@@H]1COC2CC2N1. The second-order valence-electron chi connectivity index (χ2n) is 2.78. The molecule has 2 rings (SSSR count). The molecule has 1 aliphatic carbocycles. The standard InChI is InChI=1S/C6H11NO/c1-4-3-8-6-2-5(6)7-4/h4-7H,2-3H2,1H3/t4-,5?,6?/m1/s1. The van der Waals surface area contributed by atoms with E-state index in [-0.39, 0.29) is 0 Å². The fraction of sp³-hybridized carbons (Fsp3) is 1.00. The fourth-order valence-corrected chi connectivity index (χ4v) is 1.21. The zero-order chi connectivity index (χ0) is 5.56. The molecule has 1 saturated carbocycles. The molecule has 46 valence electrons. The summed E-state index contributed by atoms with van der Waals surface area (Å²) in [5, 5.41) is 3.43. The lowest BCUT2D eigenvalue weighted by Crippen LogP contribution is -2.39. The van der Waals surface area contributed by atoms with Crippen LogP contribution in [-0.4, -0.2) is 24.8 Å². The number of fused-ring (bicyclic) bond motifs is 1. The molecule has 2 aliphatic rings. The van der Waals surface area contributed by atoms with Crippen molar-refractivity contribution in [1.82, 2.24) is 5.32 Å². The van der Waals surface area contributed by atoms with Crippen LogP contribution in [0.1, 0.15) is 13.3 Å². The van der Waals surface area contributed by atoms with Gasteiger partial charge in [0.25, 0.3) is 0 Å². The van der Waals surface area contributed by atoms with Gasteiger partial charge >= 0.3 is 0 Å². The summed E-state index contributed by atoms with van der Waals surface area (Å²) in [7, 11) is 0. The first-order chi connectivity index (χ1) is 3.86. The Morgan fingerprint density at radius 2 is 2.50 bits per heavy atom. The Kier molecular flexibility index (Phi) is 0.866. The summed E-state index contributed by atoms with van der Waals surface area (Å²) >= 11 is 0. The summed E-state index contributed by atoms with van der Waals surface area (Å²) in [6, 6.07) is 1.29. The fourth-order valence-electron chi connectivity index (χ4n) is 1.21. The van der Waals surface area contributed by atoms with Gasteiger partial charge in [0.2, 0.25) is 0 Å². The van der Waals surface area contributed by atoms with Crippen LogP contribution in [0.3, 0.4) is 0 Å². The van der Waals surface area contributed by atoms with Crippen LogP contribution < -0.4 is 5.32 Å². The van der Waals surface area contributed by atoms with E-state index in [1.165, 1.54) is 6.42 Å². The Bertz CT molecular complexity index is 105. The quantitative estimate of drug-likeness (QED) is 0.482. The first-order valence-corrected chi connectivity index (χ1v) is 3.24. The molecule has 0 amide bonds. The summed E-state index contributed by atoms with van der Waals surface area (Å²) < 4.78 is 5.40. The number of hydrogen-bond acceptors (Lipinski definition) is 2. The average molecular weight is 113 g/mol. The lowest BCUT2D eigenvalue weighted by molar-refractivity contribution is 0.0683. The van der Waals surface area contributed by atoms with Crippen LogP contribution in [0.5, 0.6) is 0 Å². The second-order valence-corrected chi connectivity index (χ2v) is 2.78. The monoisotopic (exact) mass is 113 g/mol. The Hall–Kier alpha value is -0.0800. The van der Waals surface area contributed by atoms with E-state index < -0.39 is 0 Å². The van der Waals surface area contributed by atoms with Gasteiger partial charge in [0, 0.05) is 12.1 Å². The van der Waals surface area contributed by atoms with Gasteiger partial charge in [-0.2, -0.15) is 0 Å². The van der Waals surface area contributed by atoms with Crippen LogP contribution in [0.25, 0.3) is 0 Å². The zero-order valence-electron chi connectivity index (χ0n) is 5.05. The van der Waals surface area contributed by atoms with Gasteiger partial charge in [0.1, 0.15) is 0 Å². The first kappa shape index (κ1) is 4.77. The minimum atomic E-state index is 0.575. The Morgan fingerprint density at radius 1 is 1.62 bits per heavy atom. The predicted molar refractivity (Wildman–Crippen MR) is 30.7 cm³/mol. The summed E-state index contributed by atoms with van der Waals surface area (Å²) in [6.45, 7) is 3.07. The number of hydrogen-bond donors (Lipinski definition) is 1. The molecule has 0 radical (unpaired) electrons. The number of rotatable bonds is 0. The third kappa shape index (κ3) is 0.644. The maximum Gasteiger partial charge on any atom is 0.0745 e. The number of morpholine rings is 1. The van der Waals surface area contributed by atoms with Crippen LogP contribution in [0.15, 0.2) is 0 Å². The highest BCUT2D eigenvalue weighted by atomic mass is 16.5. The van der Waals surface area contributed by atoms with E-state index >= 15 is 0 Å². The number of nitrogens with one attached hydrogen (secondary N) is 1. The summed E-state index contributed by atoms with van der Waals surface area (Å²) in [5.41, 5.74) is 0. The highest BCUT2D eigenvalue weighted by molar-refractivity contribution is 4.99. The van der Waals surface area contributed by atoms with Crippen molar-refractivity contribution in [1.29, 1.82) is 0 Å². The van der Waals surface area contributed by atoms with E-state index in [1.807, 2.05) is 0 Å². The Labute approximate surface area is 49.2 Å². The van der Waals surface area contributed by atoms with Crippen molar-refractivity contribution in [2.24, 2.45) is 0 Å². The second kappa shape index (κ2) is 1.45. The van der Waals surface area contributed by atoms with Crippen molar-refractivity contribution in [2.45, 2.75) is 31.5 Å². The van der Waals surface area contributed by atoms with Crippen molar-refractivity contribution in [3.05, 3.63) is 0 Å². The van der Waals surface area contributed by atoms with Gasteiger partial charge in [-0.15, -0.1) is 0 Å². The number of ether oxygens (including phenoxy) is 1. The molecule has 1 N–H and O–H groups in total. The molecule has 3 atom stereocenters. The lowest BCUT2D eigenvalue weighted by Gasteiger charge is -2.18. The topological polar surface area (TPSA) is 21.3 Å². The molecule has 2 fully saturated rings. The third-order valence-electron chi connectivity index (χ3n) is 1.79. The van der Waals surface area contributed by atoms with Crippen LogP contribution in [0, 0.1) is 0 Å². The van der Waals surface area contributed by atoms with Gasteiger partial charge in [0.05, 0.1) is 12.7 Å². The van der Waals surface area contributed by atoms with E-state index in [1.54, 1.807) is 0 Å². The van der Waals surface area contributed by atoms with Crippen LogP contribution >= 0.6 is 0 Å². The van der Waals surface area contributed by atoms with Crippen molar-refractivity contribution >= 4 is 0 Å². The van der Waals surface area contributed by atoms with E-state index in [9.17, 15) is 0 Å². The smallest absolute Gasteiger partial charge is 0.0745 e. The molecule has 2 heteroatoms. The van der Waals surface area contributed by atoms with Crippen molar-refractivity contribution in [3.63, 3.8) is 0 Å². The third-order valence-corrected chi connectivity index (χ3v) is 1.79. The van der Waals surface area contributed by atoms with Crippen molar-refractivity contribution in [2.75, 3.05) is 6.61 Å². The van der Waals surface area contributed by atoms with Gasteiger partial charge in [-0.25, -0.2) is 0 Å². The molecule has 0 aromatic heterocycles. The molecule has 1 heterocycles. The molecule has 0 aromatic carbocycles. The molecule has 1 aliphatic heterocycles. The normalized spacial score (nSPS) is 52.9. The minimum Gasteiger partial charge on any atom is -0.375 e. The minimum absolute atomic E-state index is 0.575. The summed E-state index contributed by atoms with van der Waals surface area (Å²) in [4.78, 5) is 0. The molecular formula is C6H11NO. The van der Waals surface area contributed by atoms with E-state index in [4.69, 9.17) is 4.74 Å². The zero-order valence-corrected chi connectivity index (χ0v) is 5.05. The Morgan fingerprint density at radius 3 is 3.12 bits per heavy atom. The summed E-state index contributed by atoms with van der Waals surface area (Å²) in [6.07, 6.45) is 1.82. The van der Waals surface area contributed by atoms with E-state index in [2.05, 4.69) is 12.2 Å². The average Bonchev–Trinajstić information content (AvgIpc) is 2.43. The van der Waals surface area contributed by atoms with E-state index in [0.29, 0.717) is 18.2 Å². The van der Waals surface area contributed by atoms with Gasteiger partial charge in [-0.05, 0) is 13.3 Å². The predicted octanol–water partition coefficient (Wildman–Crippen LogP) is 0.136. The maximum atomic E-state index is 5.40. The first-order valence-electron chi connectivity index (χ1n) is 3.24. The molecule has 1 saturated heterocycles. The molecule has 0 aromatic rings. The molecule has 0 spiro atoms. The van der Waals surface area contributed by atoms with Crippen molar-refractivity contribution < 1.29 is 4.74 Å². The van der Waals surface area contributed by atoms with Gasteiger partial charge < -0.3 is 10.1 Å². The van der Waals surface area contributed by atoms with Crippen LogP contribution in [0.4, 0.5) is 0 Å². The van der Waals surface area contributed by atoms with Gasteiger partial charge in [0.15, 0.2) is 0 Å². The van der Waals surface area contributed by atoms with E-state index in [0.717, 1.165) is 6.61 Å². The molecular weight excluding hydrogens is 102 g/mol. The maximum absolute atomic E-state index is 5.40. The highest BCUT2D eigenvalue weighted by Gasteiger charge is 2.42. The van der Waals surface area contributed by atoms with Crippen molar-refractivity contribution in [3.8, 4) is 0 Å². The van der Waals surface area contributed by atoms with Crippen LogP contribution in [-0.2, 0) is 4.74 Å². The largest absolute Gasteiger partial charge is 0.375 e. The molecule has 8 heavy (non-hydrogen) atoms. The van der Waals surface area contributed by atoms with Gasteiger partial charge in [-0.1, -0.05) is 0 Å². The molecule has 2 unspecified atom stereocenters. The molecule has 0 bridgehead atoms. The lowest BCUT2D eigenvalue weighted by atomic mass is 10.3.